The zero-order valence-electron chi connectivity index (χ0n) is 9.06. The summed E-state index contributed by atoms with van der Waals surface area (Å²) in [6, 6.07) is 0.474. The van der Waals surface area contributed by atoms with Crippen LogP contribution in [-0.4, -0.2) is 26.0 Å². The average Bonchev–Trinajstić information content (AvgIpc) is 2.27. The maximum absolute atomic E-state index is 12.7. The fourth-order valence-corrected chi connectivity index (χ4v) is 1.57. The van der Waals surface area contributed by atoms with E-state index in [0.29, 0.717) is 12.3 Å². The lowest BCUT2D eigenvalue weighted by Crippen LogP contribution is -2.11. The highest BCUT2D eigenvalue weighted by Gasteiger charge is 2.24. The summed E-state index contributed by atoms with van der Waals surface area (Å²) in [6.07, 6.45) is -2.69. The van der Waals surface area contributed by atoms with Gasteiger partial charge in [0.25, 0.3) is 6.43 Å². The van der Waals surface area contributed by atoms with Gasteiger partial charge in [-0.15, -0.1) is 3.89 Å². The van der Waals surface area contributed by atoms with E-state index in [1.165, 1.54) is 6.92 Å². The monoisotopic (exact) mass is 283 g/mol. The Balaban J connectivity index is 3.38. The smallest absolute Gasteiger partial charge is 0.340 e. The third-order valence-electron chi connectivity index (χ3n) is 1.88. The maximum atomic E-state index is 12.7. The fraction of sp³-hybridized carbons (Fsp3) is 0.333. The van der Waals surface area contributed by atoms with Crippen molar-refractivity contribution in [3.05, 3.63) is 23.5 Å². The van der Waals surface area contributed by atoms with Crippen molar-refractivity contribution in [3.8, 4) is 0 Å². The number of alkyl halides is 2. The highest BCUT2D eigenvalue weighted by atomic mass is 32.3. The molecule has 1 rings (SSSR count). The predicted octanol–water partition coefficient (Wildman–Crippen LogP) is 1.85. The van der Waals surface area contributed by atoms with Crippen molar-refractivity contribution >= 4 is 16.2 Å². The minimum atomic E-state index is -5.13. The molecule has 0 saturated heterocycles. The van der Waals surface area contributed by atoms with Crippen LogP contribution in [0.2, 0.25) is 0 Å². The molecule has 9 heteroatoms. The molecule has 0 aliphatic heterocycles. The summed E-state index contributed by atoms with van der Waals surface area (Å²) in [5.41, 5.74) is -1.73. The van der Waals surface area contributed by atoms with Crippen LogP contribution < -0.4 is 0 Å². The van der Waals surface area contributed by atoms with Crippen molar-refractivity contribution in [3.63, 3.8) is 0 Å². The van der Waals surface area contributed by atoms with E-state index in [2.05, 4.69) is 9.72 Å². The summed E-state index contributed by atoms with van der Waals surface area (Å²) >= 11 is 0. The highest BCUT2D eigenvalue weighted by Crippen LogP contribution is 2.24. The number of hydrogen-bond acceptors (Lipinski definition) is 5. The zero-order chi connectivity index (χ0) is 13.9. The number of pyridine rings is 1. The molecule has 0 saturated carbocycles. The van der Waals surface area contributed by atoms with Gasteiger partial charge in [-0.2, -0.15) is 8.42 Å². The molecule has 100 valence electrons. The third-order valence-corrected chi connectivity index (χ3v) is 2.66. The first-order valence-corrected chi connectivity index (χ1v) is 6.05. The minimum absolute atomic E-state index is 0.103. The lowest BCUT2D eigenvalue weighted by molar-refractivity contribution is 0.0513. The molecule has 0 fully saturated rings. The molecule has 1 aromatic rings. The van der Waals surface area contributed by atoms with Crippen molar-refractivity contribution < 1.29 is 30.6 Å². The Morgan fingerprint density at radius 2 is 2.11 bits per heavy atom. The van der Waals surface area contributed by atoms with E-state index in [9.17, 15) is 25.9 Å². The third kappa shape index (κ3) is 3.19. The van der Waals surface area contributed by atoms with E-state index in [-0.39, 0.29) is 6.61 Å². The molecule has 0 aliphatic rings. The standard InChI is InChI=1S/C9H8F3NO4S/c1-2-17-9(14)6-3-5(18(12,15)16)4-13-7(6)8(10)11/h3-4,8H,2H2,1H3. The lowest BCUT2D eigenvalue weighted by Gasteiger charge is -2.07. The molecule has 0 spiro atoms. The number of aromatic nitrogens is 1. The summed E-state index contributed by atoms with van der Waals surface area (Å²) in [5.74, 6) is -1.19. The van der Waals surface area contributed by atoms with E-state index >= 15 is 0 Å². The van der Waals surface area contributed by atoms with Crippen LogP contribution in [0.1, 0.15) is 29.4 Å². The van der Waals surface area contributed by atoms with Gasteiger partial charge < -0.3 is 4.74 Å². The molecule has 0 aliphatic carbocycles. The highest BCUT2D eigenvalue weighted by molar-refractivity contribution is 7.86. The summed E-state index contributed by atoms with van der Waals surface area (Å²) in [5, 5.41) is 0. The molecule has 0 radical (unpaired) electrons. The van der Waals surface area contributed by atoms with Crippen LogP contribution in [0.4, 0.5) is 12.7 Å². The number of nitrogens with zero attached hydrogens (tertiary/aromatic N) is 1. The van der Waals surface area contributed by atoms with Gasteiger partial charge in [-0.05, 0) is 13.0 Å². The maximum Gasteiger partial charge on any atom is 0.340 e. The zero-order valence-corrected chi connectivity index (χ0v) is 9.88. The van der Waals surface area contributed by atoms with Crippen LogP contribution in [0.5, 0.6) is 0 Å². The molecule has 0 aromatic carbocycles. The molecule has 0 atom stereocenters. The van der Waals surface area contributed by atoms with E-state index < -0.39 is 38.8 Å². The van der Waals surface area contributed by atoms with Gasteiger partial charge in [0.05, 0.1) is 12.2 Å². The predicted molar refractivity (Wildman–Crippen MR) is 53.4 cm³/mol. The molecular formula is C9H8F3NO4S. The lowest BCUT2D eigenvalue weighted by atomic mass is 10.2. The quantitative estimate of drug-likeness (QED) is 0.623. The molecule has 5 nitrogen and oxygen atoms in total. The first-order chi connectivity index (χ1) is 8.27. The SMILES string of the molecule is CCOC(=O)c1cc(S(=O)(=O)F)cnc1C(F)F. The number of halogens is 3. The van der Waals surface area contributed by atoms with Gasteiger partial charge in [-0.1, -0.05) is 0 Å². The molecule has 0 bridgehead atoms. The van der Waals surface area contributed by atoms with E-state index in [0.717, 1.165) is 0 Å². The molecule has 1 heterocycles. The topological polar surface area (TPSA) is 73.3 Å². The Hall–Kier alpha value is -1.64. The number of ether oxygens (including phenoxy) is 1. The molecular weight excluding hydrogens is 275 g/mol. The Bertz CT molecular complexity index is 559. The van der Waals surface area contributed by atoms with Gasteiger partial charge in [0.1, 0.15) is 10.6 Å². The second kappa shape index (κ2) is 5.34. The number of carbonyl (C=O) groups is 1. The first kappa shape index (κ1) is 14.4. The van der Waals surface area contributed by atoms with Crippen molar-refractivity contribution in [2.45, 2.75) is 18.2 Å². The molecule has 18 heavy (non-hydrogen) atoms. The second-order valence-corrected chi connectivity index (χ2v) is 4.41. The van der Waals surface area contributed by atoms with Gasteiger partial charge >= 0.3 is 16.2 Å². The van der Waals surface area contributed by atoms with Gasteiger partial charge in [-0.3, -0.25) is 4.98 Å². The largest absolute Gasteiger partial charge is 0.462 e. The first-order valence-electron chi connectivity index (χ1n) is 4.67. The summed E-state index contributed by atoms with van der Waals surface area (Å²) < 4.78 is 63.4. The van der Waals surface area contributed by atoms with Crippen molar-refractivity contribution in [2.24, 2.45) is 0 Å². The van der Waals surface area contributed by atoms with Gasteiger partial charge in [0.2, 0.25) is 0 Å². The Labute approximate surface area is 101 Å². The Morgan fingerprint density at radius 3 is 2.56 bits per heavy atom. The van der Waals surface area contributed by atoms with Gasteiger partial charge in [0, 0.05) is 6.20 Å². The van der Waals surface area contributed by atoms with Crippen LogP contribution in [-0.2, 0) is 15.0 Å². The van der Waals surface area contributed by atoms with Crippen molar-refractivity contribution in [2.75, 3.05) is 6.61 Å². The van der Waals surface area contributed by atoms with Crippen LogP contribution >= 0.6 is 0 Å². The van der Waals surface area contributed by atoms with Crippen LogP contribution in [0.3, 0.4) is 0 Å². The number of rotatable bonds is 4. The Kier molecular flexibility index (Phi) is 4.28. The fourth-order valence-electron chi connectivity index (χ4n) is 1.14. The van der Waals surface area contributed by atoms with E-state index in [4.69, 9.17) is 0 Å². The normalized spacial score (nSPS) is 11.6. The number of carbonyl (C=O) groups excluding carboxylic acids is 1. The van der Waals surface area contributed by atoms with Crippen LogP contribution in [0, 0.1) is 0 Å². The minimum Gasteiger partial charge on any atom is -0.462 e. The Morgan fingerprint density at radius 1 is 1.50 bits per heavy atom. The van der Waals surface area contributed by atoms with Gasteiger partial charge in [0.15, 0.2) is 0 Å². The van der Waals surface area contributed by atoms with Gasteiger partial charge in [-0.25, -0.2) is 13.6 Å². The van der Waals surface area contributed by atoms with Crippen molar-refractivity contribution in [1.29, 1.82) is 0 Å². The molecule has 0 N–H and O–H groups in total. The molecule has 0 unspecified atom stereocenters. The van der Waals surface area contributed by atoms with Crippen molar-refractivity contribution in [1.82, 2.24) is 4.98 Å². The van der Waals surface area contributed by atoms with Crippen LogP contribution in [0.15, 0.2) is 17.2 Å². The second-order valence-electron chi connectivity index (χ2n) is 3.06. The molecule has 0 amide bonds. The summed E-state index contributed by atoms with van der Waals surface area (Å²) in [6.45, 7) is 1.33. The summed E-state index contributed by atoms with van der Waals surface area (Å²) in [4.78, 5) is 13.4. The van der Waals surface area contributed by atoms with Crippen LogP contribution in [0.25, 0.3) is 0 Å². The summed E-state index contributed by atoms with van der Waals surface area (Å²) in [7, 11) is -5.13. The van der Waals surface area contributed by atoms with E-state index in [1.54, 1.807) is 0 Å². The average molecular weight is 283 g/mol. The number of esters is 1. The number of hydrogen-bond donors (Lipinski definition) is 0. The van der Waals surface area contributed by atoms with E-state index in [1.807, 2.05) is 0 Å². The molecule has 1 aromatic heterocycles.